The fourth-order valence-electron chi connectivity index (χ4n) is 3.17. The van der Waals surface area contributed by atoms with E-state index in [0.717, 1.165) is 0 Å². The summed E-state index contributed by atoms with van der Waals surface area (Å²) >= 11 is 12.0. The maximum atomic E-state index is 12.2. The summed E-state index contributed by atoms with van der Waals surface area (Å²) in [6.07, 6.45) is 0.864. The van der Waals surface area contributed by atoms with Gasteiger partial charge in [0.05, 0.1) is 41.8 Å². The molecule has 2 fully saturated rings. The number of hydrogen-bond donors (Lipinski definition) is 2. The Morgan fingerprint density at radius 3 is 2.56 bits per heavy atom. The zero-order valence-corrected chi connectivity index (χ0v) is 16.2. The molecular formula is C15H21Cl2N3O4S. The van der Waals surface area contributed by atoms with E-state index in [2.05, 4.69) is 15.0 Å². The molecular weight excluding hydrogens is 389 g/mol. The summed E-state index contributed by atoms with van der Waals surface area (Å²) in [4.78, 5) is 3.91. The fraction of sp³-hybridized carbons (Fsp3) is 0.667. The van der Waals surface area contributed by atoms with E-state index < -0.39 is 16.1 Å². The molecule has 0 aliphatic carbocycles. The van der Waals surface area contributed by atoms with Gasteiger partial charge in [0.2, 0.25) is 10.0 Å². The van der Waals surface area contributed by atoms with Gasteiger partial charge in [0, 0.05) is 12.3 Å². The van der Waals surface area contributed by atoms with E-state index in [-0.39, 0.29) is 36.5 Å². The average molecular weight is 410 g/mol. The van der Waals surface area contributed by atoms with Crippen LogP contribution in [0.25, 0.3) is 0 Å². The number of ether oxygens (including phenoxy) is 2. The minimum atomic E-state index is -3.37. The Labute approximate surface area is 157 Å². The normalized spacial score (nSPS) is 29.2. The predicted octanol–water partition coefficient (Wildman–Crippen LogP) is 1.91. The second-order valence-corrected chi connectivity index (χ2v) is 9.33. The number of anilines is 1. The van der Waals surface area contributed by atoms with Crippen molar-refractivity contribution in [3.63, 3.8) is 0 Å². The molecule has 25 heavy (non-hydrogen) atoms. The van der Waals surface area contributed by atoms with Gasteiger partial charge in [-0.25, -0.2) is 18.1 Å². The van der Waals surface area contributed by atoms with Gasteiger partial charge in [0.15, 0.2) is 0 Å². The van der Waals surface area contributed by atoms with E-state index in [1.54, 1.807) is 6.07 Å². The minimum absolute atomic E-state index is 0.0492. The molecule has 2 aliphatic heterocycles. The van der Waals surface area contributed by atoms with Gasteiger partial charge in [0.1, 0.15) is 17.4 Å². The number of rotatable bonds is 6. The van der Waals surface area contributed by atoms with Crippen molar-refractivity contribution >= 4 is 38.9 Å². The molecule has 2 unspecified atom stereocenters. The molecule has 2 saturated heterocycles. The number of nitrogens with one attached hydrogen (secondary N) is 2. The number of aromatic nitrogens is 1. The lowest BCUT2D eigenvalue weighted by atomic mass is 10.1. The molecule has 1 aromatic rings. The van der Waals surface area contributed by atoms with Crippen LogP contribution in [0.1, 0.15) is 13.8 Å². The molecule has 0 spiro atoms. The van der Waals surface area contributed by atoms with Gasteiger partial charge in [-0.2, -0.15) is 0 Å². The zero-order valence-electron chi connectivity index (χ0n) is 13.9. The van der Waals surface area contributed by atoms with Crippen molar-refractivity contribution in [1.29, 1.82) is 0 Å². The highest BCUT2D eigenvalue weighted by Crippen LogP contribution is 2.32. The van der Waals surface area contributed by atoms with E-state index in [1.165, 1.54) is 6.20 Å². The Morgan fingerprint density at radius 2 is 1.88 bits per heavy atom. The van der Waals surface area contributed by atoms with Crippen molar-refractivity contribution in [1.82, 2.24) is 9.71 Å². The lowest BCUT2D eigenvalue weighted by molar-refractivity contribution is 0.0690. The molecule has 2 N–H and O–H groups in total. The lowest BCUT2D eigenvalue weighted by Crippen LogP contribution is -2.45. The van der Waals surface area contributed by atoms with E-state index in [0.29, 0.717) is 22.5 Å². The predicted molar refractivity (Wildman–Crippen MR) is 96.7 cm³/mol. The van der Waals surface area contributed by atoms with Crippen molar-refractivity contribution in [3.8, 4) is 0 Å². The fourth-order valence-corrected chi connectivity index (χ4v) is 5.12. The van der Waals surface area contributed by atoms with Crippen LogP contribution >= 0.6 is 23.2 Å². The van der Waals surface area contributed by atoms with Gasteiger partial charge < -0.3 is 14.8 Å². The van der Waals surface area contributed by atoms with Gasteiger partial charge in [-0.1, -0.05) is 37.0 Å². The zero-order chi connectivity index (χ0) is 18.2. The molecule has 3 heterocycles. The molecule has 0 radical (unpaired) electrons. The molecule has 0 saturated carbocycles. The van der Waals surface area contributed by atoms with Crippen LogP contribution < -0.4 is 10.0 Å². The van der Waals surface area contributed by atoms with Crippen LogP contribution in [0.2, 0.25) is 10.2 Å². The number of nitrogens with zero attached hydrogens (tertiary/aromatic N) is 1. The van der Waals surface area contributed by atoms with Crippen molar-refractivity contribution in [2.45, 2.75) is 38.1 Å². The van der Waals surface area contributed by atoms with E-state index in [4.69, 9.17) is 32.7 Å². The van der Waals surface area contributed by atoms with Crippen molar-refractivity contribution in [2.75, 3.05) is 24.3 Å². The van der Waals surface area contributed by atoms with E-state index in [1.807, 2.05) is 13.8 Å². The summed E-state index contributed by atoms with van der Waals surface area (Å²) in [7, 11) is -3.37. The molecule has 1 aromatic heterocycles. The molecule has 7 nitrogen and oxygen atoms in total. The smallest absolute Gasteiger partial charge is 0.212 e. The second kappa shape index (κ2) is 7.54. The van der Waals surface area contributed by atoms with Crippen LogP contribution in [0.15, 0.2) is 12.3 Å². The van der Waals surface area contributed by atoms with Gasteiger partial charge in [-0.15, -0.1) is 0 Å². The molecule has 4 atom stereocenters. The number of sulfonamides is 1. The third-order valence-electron chi connectivity index (χ3n) is 4.10. The topological polar surface area (TPSA) is 89.6 Å². The summed E-state index contributed by atoms with van der Waals surface area (Å²) in [5.74, 6) is 0.126. The third-order valence-corrected chi connectivity index (χ3v) is 6.38. The summed E-state index contributed by atoms with van der Waals surface area (Å²) < 4.78 is 38.6. The first-order valence-corrected chi connectivity index (χ1v) is 10.5. The maximum absolute atomic E-state index is 12.2. The van der Waals surface area contributed by atoms with Gasteiger partial charge >= 0.3 is 0 Å². The Balaban J connectivity index is 1.65. The highest BCUT2D eigenvalue weighted by atomic mass is 35.5. The molecule has 140 valence electrons. The molecule has 10 heteroatoms. The van der Waals surface area contributed by atoms with Gasteiger partial charge in [0.25, 0.3) is 0 Å². The first kappa shape index (κ1) is 19.1. The SMILES string of the molecule is CC(C)CS(=O)(=O)N[C@H]1COC2C1OC[C@@H]2Nc1cc(Cl)ncc1Cl. The minimum Gasteiger partial charge on any atom is -0.376 e. The number of hydrogen-bond acceptors (Lipinski definition) is 6. The quantitative estimate of drug-likeness (QED) is 0.697. The van der Waals surface area contributed by atoms with Crippen LogP contribution in [0.4, 0.5) is 5.69 Å². The number of halogens is 2. The van der Waals surface area contributed by atoms with Crippen LogP contribution in [0, 0.1) is 5.92 Å². The summed E-state index contributed by atoms with van der Waals surface area (Å²) in [6.45, 7) is 4.38. The molecule has 3 rings (SSSR count). The number of pyridine rings is 1. The maximum Gasteiger partial charge on any atom is 0.212 e. The van der Waals surface area contributed by atoms with Crippen molar-refractivity contribution in [2.24, 2.45) is 5.92 Å². The first-order valence-electron chi connectivity index (χ1n) is 8.06. The monoisotopic (exact) mass is 409 g/mol. The number of fused-ring (bicyclic) bond motifs is 1. The average Bonchev–Trinajstić information content (AvgIpc) is 3.05. The molecule has 0 aromatic carbocycles. The molecule has 0 amide bonds. The standard InChI is InChI=1S/C15H21Cl2N3O4S/c1-8(2)7-25(21,22)20-12-6-24-14-11(5-23-15(12)14)19-10-3-13(17)18-4-9(10)16/h3-4,8,11-12,14-15,20H,5-7H2,1-2H3,(H,18,19)/t11-,12-,14?,15?/m0/s1. The lowest BCUT2D eigenvalue weighted by Gasteiger charge is -2.20. The van der Waals surface area contributed by atoms with Gasteiger partial charge in [-0.3, -0.25) is 0 Å². The summed E-state index contributed by atoms with van der Waals surface area (Å²) in [5.41, 5.74) is 0.642. The largest absolute Gasteiger partial charge is 0.376 e. The Morgan fingerprint density at radius 1 is 1.24 bits per heavy atom. The Hall–Kier alpha value is -0.640. The summed E-state index contributed by atoms with van der Waals surface area (Å²) in [6, 6.07) is 1.09. The van der Waals surface area contributed by atoms with Crippen LogP contribution in [0.5, 0.6) is 0 Å². The first-order chi connectivity index (χ1) is 11.7. The van der Waals surface area contributed by atoms with Crippen LogP contribution in [-0.2, 0) is 19.5 Å². The Kier molecular flexibility index (Phi) is 5.77. The molecule has 2 aliphatic rings. The highest BCUT2D eigenvalue weighted by molar-refractivity contribution is 7.89. The van der Waals surface area contributed by atoms with Crippen LogP contribution in [-0.4, -0.2) is 56.7 Å². The van der Waals surface area contributed by atoms with Crippen molar-refractivity contribution < 1.29 is 17.9 Å². The van der Waals surface area contributed by atoms with Crippen molar-refractivity contribution in [3.05, 3.63) is 22.4 Å². The molecule has 0 bridgehead atoms. The van der Waals surface area contributed by atoms with Crippen LogP contribution in [0.3, 0.4) is 0 Å². The highest BCUT2D eigenvalue weighted by Gasteiger charge is 2.48. The van der Waals surface area contributed by atoms with Gasteiger partial charge in [-0.05, 0) is 5.92 Å². The summed E-state index contributed by atoms with van der Waals surface area (Å²) in [5, 5.41) is 4.03. The Bertz CT molecular complexity index is 731. The third kappa shape index (κ3) is 4.56. The second-order valence-electron chi connectivity index (χ2n) is 6.73. The van der Waals surface area contributed by atoms with E-state index >= 15 is 0 Å². The van der Waals surface area contributed by atoms with E-state index in [9.17, 15) is 8.42 Å².